The summed E-state index contributed by atoms with van der Waals surface area (Å²) in [4.78, 5) is 6.52. The first-order chi connectivity index (χ1) is 6.29. The molecule has 0 fully saturated rings. The van der Waals surface area contributed by atoms with Gasteiger partial charge < -0.3 is 10.2 Å². The second-order valence-electron chi connectivity index (χ2n) is 3.61. The highest BCUT2D eigenvalue weighted by atomic mass is 15.2. The third-order valence-electron chi connectivity index (χ3n) is 2.40. The van der Waals surface area contributed by atoms with E-state index < -0.39 is 0 Å². The molecule has 0 amide bonds. The molecule has 2 heterocycles. The zero-order chi connectivity index (χ0) is 9.26. The largest absolute Gasteiger partial charge is 0.382 e. The van der Waals surface area contributed by atoms with Gasteiger partial charge >= 0.3 is 0 Å². The molecule has 1 aromatic heterocycles. The highest BCUT2D eigenvalue weighted by Crippen LogP contribution is 2.28. The van der Waals surface area contributed by atoms with Crippen LogP contribution in [0.3, 0.4) is 0 Å². The molecule has 0 saturated carbocycles. The van der Waals surface area contributed by atoms with Crippen LogP contribution in [0.4, 0.5) is 11.4 Å². The molecule has 0 spiro atoms. The zero-order valence-corrected chi connectivity index (χ0v) is 8.12. The lowest BCUT2D eigenvalue weighted by Gasteiger charge is -2.34. The molecule has 0 radical (unpaired) electrons. The van der Waals surface area contributed by atoms with Gasteiger partial charge in [0.05, 0.1) is 17.6 Å². The number of nitrogens with one attached hydrogen (secondary N) is 1. The van der Waals surface area contributed by atoms with Crippen LogP contribution in [0, 0.1) is 0 Å². The lowest BCUT2D eigenvalue weighted by atomic mass is 10.2. The van der Waals surface area contributed by atoms with Crippen molar-refractivity contribution in [2.24, 2.45) is 0 Å². The van der Waals surface area contributed by atoms with Gasteiger partial charge in [-0.1, -0.05) is 0 Å². The fraction of sp³-hybridized carbons (Fsp3) is 0.500. The van der Waals surface area contributed by atoms with Gasteiger partial charge in [0.25, 0.3) is 0 Å². The normalized spacial score (nSPS) is 15.5. The molecular formula is C10H15N3. The van der Waals surface area contributed by atoms with E-state index in [0.717, 1.165) is 13.1 Å². The summed E-state index contributed by atoms with van der Waals surface area (Å²) in [6.07, 6.45) is 3.76. The van der Waals surface area contributed by atoms with Crippen LogP contribution < -0.4 is 10.2 Å². The summed E-state index contributed by atoms with van der Waals surface area (Å²) in [5.74, 6) is 0. The van der Waals surface area contributed by atoms with Crippen LogP contribution in [0.2, 0.25) is 0 Å². The fourth-order valence-corrected chi connectivity index (χ4v) is 1.73. The van der Waals surface area contributed by atoms with Crippen molar-refractivity contribution in [2.45, 2.75) is 19.9 Å². The first-order valence-corrected chi connectivity index (χ1v) is 4.73. The van der Waals surface area contributed by atoms with E-state index >= 15 is 0 Å². The molecule has 1 aromatic rings. The van der Waals surface area contributed by atoms with Crippen LogP contribution in [0.5, 0.6) is 0 Å². The van der Waals surface area contributed by atoms with Gasteiger partial charge in [-0.2, -0.15) is 0 Å². The van der Waals surface area contributed by atoms with Gasteiger partial charge in [0.1, 0.15) is 0 Å². The Balaban J connectivity index is 2.37. The van der Waals surface area contributed by atoms with Gasteiger partial charge in [-0.05, 0) is 19.9 Å². The van der Waals surface area contributed by atoms with Crippen LogP contribution in [0.15, 0.2) is 18.5 Å². The monoisotopic (exact) mass is 177 g/mol. The van der Waals surface area contributed by atoms with Gasteiger partial charge in [-0.15, -0.1) is 0 Å². The van der Waals surface area contributed by atoms with Gasteiger partial charge in [0.15, 0.2) is 0 Å². The fourth-order valence-electron chi connectivity index (χ4n) is 1.73. The summed E-state index contributed by atoms with van der Waals surface area (Å²) in [7, 11) is 0. The Morgan fingerprint density at radius 2 is 2.38 bits per heavy atom. The number of nitrogens with zero attached hydrogens (tertiary/aromatic N) is 2. The zero-order valence-electron chi connectivity index (χ0n) is 8.12. The highest BCUT2D eigenvalue weighted by molar-refractivity contribution is 5.70. The van der Waals surface area contributed by atoms with Crippen molar-refractivity contribution >= 4 is 11.4 Å². The average molecular weight is 177 g/mol. The molecule has 0 aliphatic carbocycles. The summed E-state index contributed by atoms with van der Waals surface area (Å²) in [6, 6.07) is 2.58. The molecule has 3 heteroatoms. The Morgan fingerprint density at radius 1 is 1.54 bits per heavy atom. The van der Waals surface area contributed by atoms with Gasteiger partial charge in [0.2, 0.25) is 0 Å². The summed E-state index contributed by atoms with van der Waals surface area (Å²) in [5.41, 5.74) is 2.43. The molecule has 0 unspecified atom stereocenters. The summed E-state index contributed by atoms with van der Waals surface area (Å²) in [6.45, 7) is 6.51. The van der Waals surface area contributed by atoms with Crippen LogP contribution in [-0.4, -0.2) is 24.1 Å². The number of pyridine rings is 1. The Labute approximate surface area is 78.8 Å². The smallest absolute Gasteiger partial charge is 0.0791 e. The molecule has 0 atom stereocenters. The maximum Gasteiger partial charge on any atom is 0.0791 e. The third-order valence-corrected chi connectivity index (χ3v) is 2.40. The van der Waals surface area contributed by atoms with E-state index in [0.29, 0.717) is 6.04 Å². The minimum Gasteiger partial charge on any atom is -0.382 e. The number of aromatic nitrogens is 1. The van der Waals surface area contributed by atoms with E-state index in [1.165, 1.54) is 11.4 Å². The molecule has 0 bridgehead atoms. The minimum absolute atomic E-state index is 0.546. The van der Waals surface area contributed by atoms with Gasteiger partial charge in [-0.3, -0.25) is 4.98 Å². The molecular weight excluding hydrogens is 162 g/mol. The van der Waals surface area contributed by atoms with E-state index in [2.05, 4.69) is 29.0 Å². The van der Waals surface area contributed by atoms with Gasteiger partial charge in [-0.25, -0.2) is 0 Å². The summed E-state index contributed by atoms with van der Waals surface area (Å²) in [5, 5.41) is 3.37. The predicted molar refractivity (Wildman–Crippen MR) is 55.2 cm³/mol. The minimum atomic E-state index is 0.546. The molecule has 0 saturated heterocycles. The molecule has 13 heavy (non-hydrogen) atoms. The number of anilines is 2. The molecule has 1 aliphatic heterocycles. The van der Waals surface area contributed by atoms with Crippen LogP contribution in [0.1, 0.15) is 13.8 Å². The lowest BCUT2D eigenvalue weighted by Crippen LogP contribution is -2.38. The van der Waals surface area contributed by atoms with Crippen molar-refractivity contribution in [2.75, 3.05) is 23.3 Å². The van der Waals surface area contributed by atoms with E-state index in [-0.39, 0.29) is 0 Å². The van der Waals surface area contributed by atoms with Crippen molar-refractivity contribution in [3.8, 4) is 0 Å². The molecule has 3 nitrogen and oxygen atoms in total. The van der Waals surface area contributed by atoms with Gasteiger partial charge in [0, 0.05) is 25.3 Å². The topological polar surface area (TPSA) is 28.2 Å². The number of rotatable bonds is 1. The molecule has 0 aromatic carbocycles. The lowest BCUT2D eigenvalue weighted by molar-refractivity contribution is 0.679. The number of hydrogen-bond acceptors (Lipinski definition) is 3. The number of hydrogen-bond donors (Lipinski definition) is 1. The van der Waals surface area contributed by atoms with E-state index in [9.17, 15) is 0 Å². The van der Waals surface area contributed by atoms with E-state index in [4.69, 9.17) is 0 Å². The summed E-state index contributed by atoms with van der Waals surface area (Å²) < 4.78 is 0. The average Bonchev–Trinajstić information content (AvgIpc) is 2.17. The maximum absolute atomic E-state index is 4.15. The Bertz CT molecular complexity index is 296. The van der Waals surface area contributed by atoms with Crippen LogP contribution in [0.25, 0.3) is 0 Å². The highest BCUT2D eigenvalue weighted by Gasteiger charge is 2.17. The quantitative estimate of drug-likeness (QED) is 0.708. The SMILES string of the molecule is CC(C)N1CCNc2ccncc21. The molecule has 1 aliphatic rings. The van der Waals surface area contributed by atoms with Crippen molar-refractivity contribution in [3.05, 3.63) is 18.5 Å². The molecule has 70 valence electrons. The first kappa shape index (κ1) is 8.35. The second kappa shape index (κ2) is 3.24. The second-order valence-corrected chi connectivity index (χ2v) is 3.61. The van der Waals surface area contributed by atoms with Crippen molar-refractivity contribution < 1.29 is 0 Å². The predicted octanol–water partition coefficient (Wildman–Crippen LogP) is 1.72. The Kier molecular flexibility index (Phi) is 2.08. The summed E-state index contributed by atoms with van der Waals surface area (Å²) >= 11 is 0. The van der Waals surface area contributed by atoms with Crippen molar-refractivity contribution in [1.82, 2.24) is 4.98 Å². The standard InChI is InChI=1S/C10H15N3/c1-8(2)13-6-5-12-9-3-4-11-7-10(9)13/h3-4,7-8,12H,5-6H2,1-2H3. The maximum atomic E-state index is 4.15. The number of fused-ring (bicyclic) bond motifs is 1. The van der Waals surface area contributed by atoms with E-state index in [1.807, 2.05) is 18.5 Å². The molecule has 2 rings (SSSR count). The van der Waals surface area contributed by atoms with Crippen molar-refractivity contribution in [3.63, 3.8) is 0 Å². The third kappa shape index (κ3) is 1.46. The van der Waals surface area contributed by atoms with Crippen molar-refractivity contribution in [1.29, 1.82) is 0 Å². The Morgan fingerprint density at radius 3 is 3.15 bits per heavy atom. The first-order valence-electron chi connectivity index (χ1n) is 4.73. The Hall–Kier alpha value is -1.25. The van der Waals surface area contributed by atoms with Crippen LogP contribution >= 0.6 is 0 Å². The molecule has 1 N–H and O–H groups in total. The van der Waals surface area contributed by atoms with Crippen LogP contribution in [-0.2, 0) is 0 Å². The van der Waals surface area contributed by atoms with E-state index in [1.54, 1.807) is 0 Å².